The molecular weight excluding hydrogens is 460 g/mol. The molecule has 0 spiro atoms. The van der Waals surface area contributed by atoms with Crippen molar-refractivity contribution in [2.45, 2.75) is 63.5 Å². The molecule has 0 bridgehead atoms. The first-order valence-corrected chi connectivity index (χ1v) is 13.4. The molecule has 1 heterocycles. The van der Waals surface area contributed by atoms with Crippen LogP contribution in [0.25, 0.3) is 0 Å². The summed E-state index contributed by atoms with van der Waals surface area (Å²) in [4.78, 5) is 13.4. The second-order valence-corrected chi connectivity index (χ2v) is 10.9. The van der Waals surface area contributed by atoms with Crippen molar-refractivity contribution in [1.82, 2.24) is 5.32 Å². The molecule has 7 heteroatoms. The van der Waals surface area contributed by atoms with Crippen LogP contribution in [0.15, 0.2) is 71.6 Å². The third-order valence-corrected chi connectivity index (χ3v) is 8.24. The summed E-state index contributed by atoms with van der Waals surface area (Å²) in [6.07, 6.45) is 2.38. The number of para-hydroxylation sites is 1. The van der Waals surface area contributed by atoms with Gasteiger partial charge in [-0.1, -0.05) is 49.7 Å². The van der Waals surface area contributed by atoms with Gasteiger partial charge in [-0.15, -0.1) is 0 Å². The summed E-state index contributed by atoms with van der Waals surface area (Å²) < 4.78 is 34.5. The fraction of sp³-hybridized carbons (Fsp3) is 0.321. The molecule has 35 heavy (non-hydrogen) atoms. The van der Waals surface area contributed by atoms with Gasteiger partial charge in [0.2, 0.25) is 0 Å². The standard InChI is InChI=1S/C28H32N2O4S/c1-5-28(6-2)18-25(23-9-7-8-10-26(23)34-28)29-27(31)21-13-16-24(20(4)17-21)30-35(32,33)22-14-11-19(3)12-15-22/h7-17,25,30H,5-6,18H2,1-4H3,(H,29,31)/t25-/m1/s1. The fourth-order valence-electron chi connectivity index (χ4n) is 4.51. The summed E-state index contributed by atoms with van der Waals surface area (Å²) in [6.45, 7) is 7.90. The highest BCUT2D eigenvalue weighted by Gasteiger charge is 2.39. The van der Waals surface area contributed by atoms with E-state index in [9.17, 15) is 13.2 Å². The number of anilines is 1. The number of carbonyl (C=O) groups is 1. The van der Waals surface area contributed by atoms with E-state index in [-0.39, 0.29) is 22.4 Å². The molecule has 1 aliphatic heterocycles. The van der Waals surface area contributed by atoms with Gasteiger partial charge in [0.05, 0.1) is 16.6 Å². The number of fused-ring (bicyclic) bond motifs is 1. The second-order valence-electron chi connectivity index (χ2n) is 9.21. The van der Waals surface area contributed by atoms with Gasteiger partial charge < -0.3 is 10.1 Å². The smallest absolute Gasteiger partial charge is 0.261 e. The van der Waals surface area contributed by atoms with Crippen molar-refractivity contribution in [2.24, 2.45) is 0 Å². The van der Waals surface area contributed by atoms with Crippen LogP contribution in [0, 0.1) is 13.8 Å². The van der Waals surface area contributed by atoms with Gasteiger partial charge in [0.25, 0.3) is 15.9 Å². The molecule has 0 fully saturated rings. The Balaban J connectivity index is 1.54. The Kier molecular flexibility index (Phi) is 6.90. The van der Waals surface area contributed by atoms with Gasteiger partial charge in [-0.2, -0.15) is 0 Å². The minimum absolute atomic E-state index is 0.174. The maximum Gasteiger partial charge on any atom is 0.261 e. The number of rotatable bonds is 7. The van der Waals surface area contributed by atoms with Crippen molar-refractivity contribution < 1.29 is 17.9 Å². The third kappa shape index (κ3) is 5.20. The number of ether oxygens (including phenoxy) is 1. The zero-order chi connectivity index (χ0) is 25.2. The average Bonchev–Trinajstić information content (AvgIpc) is 2.85. The van der Waals surface area contributed by atoms with Gasteiger partial charge in [-0.3, -0.25) is 9.52 Å². The molecule has 1 amide bonds. The maximum absolute atomic E-state index is 13.2. The summed E-state index contributed by atoms with van der Waals surface area (Å²) in [5, 5.41) is 3.18. The molecular formula is C28H32N2O4S. The predicted octanol–water partition coefficient (Wildman–Crippen LogP) is 5.92. The Morgan fingerprint density at radius 2 is 1.69 bits per heavy atom. The van der Waals surface area contributed by atoms with E-state index in [1.165, 1.54) is 0 Å². The van der Waals surface area contributed by atoms with E-state index in [0.717, 1.165) is 29.7 Å². The lowest BCUT2D eigenvalue weighted by Crippen LogP contribution is -2.44. The first-order chi connectivity index (χ1) is 16.7. The van der Waals surface area contributed by atoms with Gasteiger partial charge >= 0.3 is 0 Å². The van der Waals surface area contributed by atoms with Crippen molar-refractivity contribution in [3.05, 3.63) is 89.0 Å². The topological polar surface area (TPSA) is 84.5 Å². The van der Waals surface area contributed by atoms with Crippen LogP contribution in [0.1, 0.15) is 66.2 Å². The molecule has 3 aromatic carbocycles. The summed E-state index contributed by atoms with van der Waals surface area (Å²) in [5.74, 6) is 0.605. The van der Waals surface area contributed by atoms with E-state index in [4.69, 9.17) is 4.74 Å². The lowest BCUT2D eigenvalue weighted by molar-refractivity contribution is 0.0227. The highest BCUT2D eigenvalue weighted by molar-refractivity contribution is 7.92. The average molecular weight is 493 g/mol. The Bertz CT molecular complexity index is 1330. The molecule has 3 aromatic rings. The molecule has 2 N–H and O–H groups in total. The summed E-state index contributed by atoms with van der Waals surface area (Å²) in [5.41, 5.74) is 3.21. The number of hydrogen-bond donors (Lipinski definition) is 2. The Labute approximate surface area is 207 Å². The number of hydrogen-bond acceptors (Lipinski definition) is 4. The number of sulfonamides is 1. The first kappa shape index (κ1) is 24.8. The molecule has 6 nitrogen and oxygen atoms in total. The number of amides is 1. The zero-order valence-corrected chi connectivity index (χ0v) is 21.4. The molecule has 0 aliphatic carbocycles. The number of carbonyl (C=O) groups excluding carboxylic acids is 1. The van der Waals surface area contributed by atoms with E-state index in [1.54, 1.807) is 49.4 Å². The van der Waals surface area contributed by atoms with Gasteiger partial charge in [-0.05, 0) is 68.7 Å². The van der Waals surface area contributed by atoms with Crippen LogP contribution in [-0.2, 0) is 10.0 Å². The van der Waals surface area contributed by atoms with Crippen molar-refractivity contribution in [1.29, 1.82) is 0 Å². The fourth-order valence-corrected chi connectivity index (χ4v) is 5.64. The molecule has 1 aliphatic rings. The summed E-state index contributed by atoms with van der Waals surface area (Å²) >= 11 is 0. The monoisotopic (exact) mass is 492 g/mol. The van der Waals surface area contributed by atoms with Crippen molar-refractivity contribution in [3.8, 4) is 5.75 Å². The van der Waals surface area contributed by atoms with Crippen LogP contribution in [0.3, 0.4) is 0 Å². The highest BCUT2D eigenvalue weighted by Crippen LogP contribution is 2.42. The van der Waals surface area contributed by atoms with E-state index < -0.39 is 10.0 Å². The Morgan fingerprint density at radius 1 is 1.00 bits per heavy atom. The summed E-state index contributed by atoms with van der Waals surface area (Å²) in [6, 6.07) is 19.3. The Morgan fingerprint density at radius 3 is 2.34 bits per heavy atom. The van der Waals surface area contributed by atoms with Crippen LogP contribution in [-0.4, -0.2) is 19.9 Å². The van der Waals surface area contributed by atoms with Crippen molar-refractivity contribution in [3.63, 3.8) is 0 Å². The van der Waals surface area contributed by atoms with Crippen LogP contribution in [0.5, 0.6) is 5.75 Å². The van der Waals surface area contributed by atoms with Crippen LogP contribution in [0.4, 0.5) is 5.69 Å². The van der Waals surface area contributed by atoms with Gasteiger partial charge in [0, 0.05) is 17.5 Å². The molecule has 1 atom stereocenters. The highest BCUT2D eigenvalue weighted by atomic mass is 32.2. The summed E-state index contributed by atoms with van der Waals surface area (Å²) in [7, 11) is -3.73. The second kappa shape index (κ2) is 9.74. The molecule has 0 aromatic heterocycles. The Hall–Kier alpha value is -3.32. The largest absolute Gasteiger partial charge is 0.487 e. The third-order valence-electron chi connectivity index (χ3n) is 6.86. The first-order valence-electron chi connectivity index (χ1n) is 12.0. The predicted molar refractivity (Wildman–Crippen MR) is 138 cm³/mol. The molecule has 0 radical (unpaired) electrons. The van der Waals surface area contributed by atoms with E-state index in [0.29, 0.717) is 23.2 Å². The van der Waals surface area contributed by atoms with Crippen molar-refractivity contribution >= 4 is 21.6 Å². The number of benzene rings is 3. The van der Waals surface area contributed by atoms with Gasteiger partial charge in [0.15, 0.2) is 0 Å². The zero-order valence-electron chi connectivity index (χ0n) is 20.6. The lowest BCUT2D eigenvalue weighted by atomic mass is 9.83. The lowest BCUT2D eigenvalue weighted by Gasteiger charge is -2.41. The maximum atomic E-state index is 13.2. The van der Waals surface area contributed by atoms with Gasteiger partial charge in [0.1, 0.15) is 11.4 Å². The van der Waals surface area contributed by atoms with Crippen LogP contribution < -0.4 is 14.8 Å². The SMILES string of the molecule is CCC1(CC)C[C@@H](NC(=O)c2ccc(NS(=O)(=O)c3ccc(C)cc3)c(C)c2)c2ccccc2O1. The van der Waals surface area contributed by atoms with E-state index >= 15 is 0 Å². The van der Waals surface area contributed by atoms with Crippen LogP contribution in [0.2, 0.25) is 0 Å². The quantitative estimate of drug-likeness (QED) is 0.429. The van der Waals surface area contributed by atoms with Crippen LogP contribution >= 0.6 is 0 Å². The number of nitrogens with one attached hydrogen (secondary N) is 2. The molecule has 0 saturated carbocycles. The van der Waals surface area contributed by atoms with Gasteiger partial charge in [-0.25, -0.2) is 8.42 Å². The molecule has 0 saturated heterocycles. The van der Waals surface area contributed by atoms with E-state index in [1.807, 2.05) is 31.2 Å². The molecule has 184 valence electrons. The molecule has 0 unspecified atom stereocenters. The molecule has 4 rings (SSSR count). The normalized spacial score (nSPS) is 16.6. The van der Waals surface area contributed by atoms with E-state index in [2.05, 4.69) is 23.9 Å². The van der Waals surface area contributed by atoms with Crippen molar-refractivity contribution in [2.75, 3.05) is 4.72 Å². The minimum Gasteiger partial charge on any atom is -0.487 e. The number of aryl methyl sites for hydroxylation is 2. The minimum atomic E-state index is -3.73.